The summed E-state index contributed by atoms with van der Waals surface area (Å²) in [6.45, 7) is 3.84. The Morgan fingerprint density at radius 2 is 1.85 bits per heavy atom. The molecule has 0 saturated carbocycles. The van der Waals surface area contributed by atoms with Crippen LogP contribution in [0, 0.1) is 19.7 Å². The summed E-state index contributed by atoms with van der Waals surface area (Å²) >= 11 is 0. The van der Waals surface area contributed by atoms with Gasteiger partial charge in [0, 0.05) is 5.69 Å². The molecule has 27 heavy (non-hydrogen) atoms. The van der Waals surface area contributed by atoms with E-state index in [1.54, 1.807) is 6.07 Å². The number of ether oxygens (including phenoxy) is 1. The second-order valence-electron chi connectivity index (χ2n) is 5.99. The molecule has 0 aliphatic heterocycles. The van der Waals surface area contributed by atoms with Crippen molar-refractivity contribution in [3.05, 3.63) is 81.5 Å². The van der Waals surface area contributed by atoms with E-state index < -0.39 is 17.3 Å². The monoisotopic (exact) mass is 367 g/mol. The fourth-order valence-corrected chi connectivity index (χ4v) is 2.59. The van der Waals surface area contributed by atoms with E-state index in [4.69, 9.17) is 4.74 Å². The van der Waals surface area contributed by atoms with Gasteiger partial charge in [-0.25, -0.2) is 4.39 Å². The van der Waals surface area contributed by atoms with Crippen LogP contribution in [0.4, 0.5) is 10.1 Å². The number of methoxy groups -OCH3 is 1. The van der Waals surface area contributed by atoms with Crippen LogP contribution in [0.15, 0.2) is 53.3 Å². The van der Waals surface area contributed by atoms with Crippen molar-refractivity contribution >= 4 is 11.6 Å². The van der Waals surface area contributed by atoms with Gasteiger partial charge < -0.3 is 10.1 Å². The number of halogens is 1. The van der Waals surface area contributed by atoms with Crippen LogP contribution in [-0.4, -0.2) is 22.8 Å². The van der Waals surface area contributed by atoms with Gasteiger partial charge in [0.15, 0.2) is 11.4 Å². The molecule has 1 heterocycles. The van der Waals surface area contributed by atoms with E-state index in [9.17, 15) is 14.0 Å². The topological polar surface area (TPSA) is 73.2 Å². The van der Waals surface area contributed by atoms with Crippen LogP contribution in [0.1, 0.15) is 21.6 Å². The number of amides is 1. The number of nitrogens with one attached hydrogen (secondary N) is 1. The maximum absolute atomic E-state index is 13.1. The Hall–Kier alpha value is -3.48. The first-order valence-electron chi connectivity index (χ1n) is 8.22. The molecule has 0 unspecified atom stereocenters. The number of benzene rings is 2. The zero-order valence-electron chi connectivity index (χ0n) is 15.1. The summed E-state index contributed by atoms with van der Waals surface area (Å²) in [5, 5.41) is 6.93. The van der Waals surface area contributed by atoms with Crippen molar-refractivity contribution in [2.75, 3.05) is 12.4 Å². The number of carbonyl (C=O) groups excluding carboxylic acids is 1. The van der Waals surface area contributed by atoms with Crippen molar-refractivity contribution in [3.63, 3.8) is 0 Å². The number of carbonyl (C=O) groups is 1. The molecular formula is C20H18FN3O3. The summed E-state index contributed by atoms with van der Waals surface area (Å²) in [4.78, 5) is 25.1. The second kappa shape index (κ2) is 7.41. The lowest BCUT2D eigenvalue weighted by molar-refractivity contribution is 0.101. The van der Waals surface area contributed by atoms with Crippen LogP contribution in [0.3, 0.4) is 0 Å². The van der Waals surface area contributed by atoms with Gasteiger partial charge in [-0.2, -0.15) is 9.78 Å². The Morgan fingerprint density at radius 1 is 1.15 bits per heavy atom. The van der Waals surface area contributed by atoms with Crippen LogP contribution >= 0.6 is 0 Å². The molecular weight excluding hydrogens is 349 g/mol. The van der Waals surface area contributed by atoms with Gasteiger partial charge >= 0.3 is 0 Å². The number of rotatable bonds is 4. The Labute approximate surface area is 155 Å². The van der Waals surface area contributed by atoms with Gasteiger partial charge in [-0.3, -0.25) is 9.59 Å². The molecule has 6 nitrogen and oxygen atoms in total. The normalized spacial score (nSPS) is 10.5. The second-order valence-corrected chi connectivity index (χ2v) is 5.99. The van der Waals surface area contributed by atoms with E-state index in [0.29, 0.717) is 11.4 Å². The SMILES string of the molecule is COc1cc(=O)n(-c2ccc(F)cc2)nc1C(=O)Nc1cccc(C)c1C. The van der Waals surface area contributed by atoms with E-state index in [2.05, 4.69) is 10.4 Å². The van der Waals surface area contributed by atoms with Gasteiger partial charge in [0.05, 0.1) is 18.9 Å². The lowest BCUT2D eigenvalue weighted by Gasteiger charge is -2.13. The van der Waals surface area contributed by atoms with E-state index in [-0.39, 0.29) is 11.4 Å². The molecule has 0 bridgehead atoms. The molecule has 0 fully saturated rings. The van der Waals surface area contributed by atoms with Crippen molar-refractivity contribution in [1.29, 1.82) is 0 Å². The highest BCUT2D eigenvalue weighted by Crippen LogP contribution is 2.21. The lowest BCUT2D eigenvalue weighted by atomic mass is 10.1. The van der Waals surface area contributed by atoms with E-state index in [1.165, 1.54) is 37.4 Å². The molecule has 1 aromatic heterocycles. The quantitative estimate of drug-likeness (QED) is 0.768. The van der Waals surface area contributed by atoms with Crippen molar-refractivity contribution < 1.29 is 13.9 Å². The zero-order valence-corrected chi connectivity index (χ0v) is 15.1. The molecule has 1 amide bonds. The predicted octanol–water partition coefficient (Wildman–Crippen LogP) is 3.25. The number of hydrogen-bond acceptors (Lipinski definition) is 4. The maximum Gasteiger partial charge on any atom is 0.280 e. The van der Waals surface area contributed by atoms with Gasteiger partial charge in [-0.15, -0.1) is 0 Å². The van der Waals surface area contributed by atoms with Gasteiger partial charge in [0.2, 0.25) is 0 Å². The van der Waals surface area contributed by atoms with E-state index in [1.807, 2.05) is 26.0 Å². The van der Waals surface area contributed by atoms with Gasteiger partial charge in [0.1, 0.15) is 5.82 Å². The van der Waals surface area contributed by atoms with Crippen LogP contribution < -0.4 is 15.6 Å². The van der Waals surface area contributed by atoms with E-state index in [0.717, 1.165) is 15.8 Å². The molecule has 2 aromatic carbocycles. The Bertz CT molecular complexity index is 1060. The first-order valence-corrected chi connectivity index (χ1v) is 8.22. The molecule has 0 aliphatic carbocycles. The first-order chi connectivity index (χ1) is 12.9. The highest BCUT2D eigenvalue weighted by molar-refractivity contribution is 6.05. The zero-order chi connectivity index (χ0) is 19.6. The average molecular weight is 367 g/mol. The van der Waals surface area contributed by atoms with Crippen molar-refractivity contribution in [2.45, 2.75) is 13.8 Å². The summed E-state index contributed by atoms with van der Waals surface area (Å²) in [5.41, 5.74) is 2.39. The molecule has 7 heteroatoms. The minimum absolute atomic E-state index is 0.0534. The molecule has 138 valence electrons. The Balaban J connectivity index is 2.04. The molecule has 3 rings (SSSR count). The number of nitrogens with zero attached hydrogens (tertiary/aromatic N) is 2. The minimum atomic E-state index is -0.517. The van der Waals surface area contributed by atoms with Gasteiger partial charge in [-0.1, -0.05) is 12.1 Å². The lowest BCUT2D eigenvalue weighted by Crippen LogP contribution is -2.26. The summed E-state index contributed by atoms with van der Waals surface area (Å²) in [5.74, 6) is -0.897. The van der Waals surface area contributed by atoms with Crippen LogP contribution in [0.2, 0.25) is 0 Å². The van der Waals surface area contributed by atoms with Crippen LogP contribution in [-0.2, 0) is 0 Å². The Kier molecular flexibility index (Phi) is 5.03. The van der Waals surface area contributed by atoms with Crippen molar-refractivity contribution in [1.82, 2.24) is 9.78 Å². The third-order valence-electron chi connectivity index (χ3n) is 4.26. The fraction of sp³-hybridized carbons (Fsp3) is 0.150. The third kappa shape index (κ3) is 3.72. The van der Waals surface area contributed by atoms with Gasteiger partial charge in [-0.05, 0) is 55.3 Å². The molecule has 1 N–H and O–H groups in total. The third-order valence-corrected chi connectivity index (χ3v) is 4.26. The number of hydrogen-bond donors (Lipinski definition) is 1. The highest BCUT2D eigenvalue weighted by atomic mass is 19.1. The molecule has 0 saturated heterocycles. The van der Waals surface area contributed by atoms with Crippen LogP contribution in [0.25, 0.3) is 5.69 Å². The average Bonchev–Trinajstić information content (AvgIpc) is 2.66. The maximum atomic E-state index is 13.1. The number of anilines is 1. The van der Waals surface area contributed by atoms with Gasteiger partial charge in [0.25, 0.3) is 11.5 Å². The Morgan fingerprint density at radius 3 is 2.52 bits per heavy atom. The van der Waals surface area contributed by atoms with Crippen molar-refractivity contribution in [3.8, 4) is 11.4 Å². The molecule has 0 radical (unpaired) electrons. The molecule has 0 aliphatic rings. The number of aryl methyl sites for hydroxylation is 1. The largest absolute Gasteiger partial charge is 0.494 e. The van der Waals surface area contributed by atoms with E-state index >= 15 is 0 Å². The van der Waals surface area contributed by atoms with Crippen molar-refractivity contribution in [2.24, 2.45) is 0 Å². The fourth-order valence-electron chi connectivity index (χ4n) is 2.59. The molecule has 3 aromatic rings. The summed E-state index contributed by atoms with van der Waals surface area (Å²) in [6.07, 6.45) is 0. The smallest absolute Gasteiger partial charge is 0.280 e. The van der Waals surface area contributed by atoms with Crippen LogP contribution in [0.5, 0.6) is 5.75 Å². The standard InChI is InChI=1S/C20H18FN3O3/c1-12-5-4-6-16(13(12)2)22-20(26)19-17(27-3)11-18(25)24(23-19)15-9-7-14(21)8-10-15/h4-11H,1-3H3,(H,22,26). The number of aromatic nitrogens is 2. The minimum Gasteiger partial charge on any atom is -0.494 e. The predicted molar refractivity (Wildman–Crippen MR) is 100 cm³/mol. The summed E-state index contributed by atoms with van der Waals surface area (Å²) in [6, 6.07) is 12.0. The molecule has 0 atom stereocenters. The summed E-state index contributed by atoms with van der Waals surface area (Å²) < 4.78 is 19.3. The summed E-state index contributed by atoms with van der Waals surface area (Å²) in [7, 11) is 1.35. The highest BCUT2D eigenvalue weighted by Gasteiger charge is 2.19. The molecule has 0 spiro atoms. The first kappa shape index (κ1) is 18.3.